The molecular formula is C16H16FN7. The SMILES string of the molecule is Cc1ccc(Nc2nc(N)nc(NCc3ccnc(F)c3)n2)cc1. The van der Waals surface area contributed by atoms with Gasteiger partial charge in [0.15, 0.2) is 0 Å². The first-order valence-corrected chi connectivity index (χ1v) is 7.28. The third kappa shape index (κ3) is 4.13. The Bertz CT molecular complexity index is 836. The van der Waals surface area contributed by atoms with Crippen LogP contribution in [0.15, 0.2) is 42.6 Å². The van der Waals surface area contributed by atoms with Crippen molar-refractivity contribution in [1.82, 2.24) is 19.9 Å². The van der Waals surface area contributed by atoms with Gasteiger partial charge in [0, 0.05) is 18.4 Å². The third-order valence-corrected chi connectivity index (χ3v) is 3.20. The number of aryl methyl sites for hydroxylation is 1. The smallest absolute Gasteiger partial charge is 0.233 e. The van der Waals surface area contributed by atoms with Gasteiger partial charge < -0.3 is 16.4 Å². The number of nitrogen functional groups attached to an aromatic ring is 1. The van der Waals surface area contributed by atoms with Gasteiger partial charge in [-0.15, -0.1) is 0 Å². The molecule has 0 fully saturated rings. The van der Waals surface area contributed by atoms with E-state index in [9.17, 15) is 4.39 Å². The molecule has 24 heavy (non-hydrogen) atoms. The number of benzene rings is 1. The summed E-state index contributed by atoms with van der Waals surface area (Å²) in [6, 6.07) is 10.8. The predicted molar refractivity (Wildman–Crippen MR) is 90.2 cm³/mol. The quantitative estimate of drug-likeness (QED) is 0.620. The molecule has 7 nitrogen and oxygen atoms in total. The van der Waals surface area contributed by atoms with Crippen LogP contribution in [0.3, 0.4) is 0 Å². The molecule has 0 saturated carbocycles. The number of hydrogen-bond donors (Lipinski definition) is 3. The second-order valence-corrected chi connectivity index (χ2v) is 5.17. The van der Waals surface area contributed by atoms with Crippen LogP contribution >= 0.6 is 0 Å². The summed E-state index contributed by atoms with van der Waals surface area (Å²) in [4.78, 5) is 15.8. The fourth-order valence-electron chi connectivity index (χ4n) is 2.03. The van der Waals surface area contributed by atoms with E-state index in [-0.39, 0.29) is 5.95 Å². The summed E-state index contributed by atoms with van der Waals surface area (Å²) in [5.41, 5.74) is 8.43. The lowest BCUT2D eigenvalue weighted by atomic mass is 10.2. The summed E-state index contributed by atoms with van der Waals surface area (Å²) in [6.45, 7) is 2.35. The summed E-state index contributed by atoms with van der Waals surface area (Å²) < 4.78 is 13.1. The molecule has 2 aromatic heterocycles. The molecular weight excluding hydrogens is 309 g/mol. The average molecular weight is 325 g/mol. The number of anilines is 4. The van der Waals surface area contributed by atoms with Crippen molar-refractivity contribution < 1.29 is 4.39 Å². The zero-order valence-electron chi connectivity index (χ0n) is 13.0. The molecule has 0 saturated heterocycles. The number of aromatic nitrogens is 4. The Balaban J connectivity index is 1.72. The Morgan fingerprint density at radius 3 is 2.54 bits per heavy atom. The first-order chi connectivity index (χ1) is 11.6. The highest BCUT2D eigenvalue weighted by molar-refractivity contribution is 5.55. The van der Waals surface area contributed by atoms with Gasteiger partial charge in [-0.05, 0) is 36.8 Å². The second kappa shape index (κ2) is 6.86. The molecule has 0 unspecified atom stereocenters. The first-order valence-electron chi connectivity index (χ1n) is 7.28. The number of pyridine rings is 1. The molecule has 3 rings (SSSR count). The maximum Gasteiger partial charge on any atom is 0.233 e. The Morgan fingerprint density at radius 1 is 1.04 bits per heavy atom. The van der Waals surface area contributed by atoms with E-state index < -0.39 is 5.95 Å². The topological polar surface area (TPSA) is 102 Å². The van der Waals surface area contributed by atoms with E-state index in [1.807, 2.05) is 31.2 Å². The predicted octanol–water partition coefficient (Wildman–Crippen LogP) is 2.65. The molecule has 0 aliphatic carbocycles. The number of hydrogen-bond acceptors (Lipinski definition) is 7. The fraction of sp³-hybridized carbons (Fsp3) is 0.125. The van der Waals surface area contributed by atoms with Crippen LogP contribution in [0.2, 0.25) is 0 Å². The Labute approximate surface area is 138 Å². The molecule has 8 heteroatoms. The normalized spacial score (nSPS) is 10.4. The van der Waals surface area contributed by atoms with Crippen molar-refractivity contribution in [3.63, 3.8) is 0 Å². The number of halogens is 1. The van der Waals surface area contributed by atoms with Crippen LogP contribution in [-0.2, 0) is 6.54 Å². The minimum Gasteiger partial charge on any atom is -0.368 e. The lowest BCUT2D eigenvalue weighted by molar-refractivity contribution is 0.581. The second-order valence-electron chi connectivity index (χ2n) is 5.17. The van der Waals surface area contributed by atoms with E-state index >= 15 is 0 Å². The molecule has 122 valence electrons. The van der Waals surface area contributed by atoms with Crippen LogP contribution in [0.4, 0.5) is 27.9 Å². The summed E-state index contributed by atoms with van der Waals surface area (Å²) in [7, 11) is 0. The number of rotatable bonds is 5. The Hall–Kier alpha value is -3.29. The monoisotopic (exact) mass is 325 g/mol. The molecule has 1 aromatic carbocycles. The van der Waals surface area contributed by atoms with E-state index in [1.54, 1.807) is 6.07 Å². The highest BCUT2D eigenvalue weighted by atomic mass is 19.1. The minimum absolute atomic E-state index is 0.0861. The van der Waals surface area contributed by atoms with Crippen LogP contribution in [-0.4, -0.2) is 19.9 Å². The van der Waals surface area contributed by atoms with Gasteiger partial charge in [0.25, 0.3) is 0 Å². The minimum atomic E-state index is -0.536. The van der Waals surface area contributed by atoms with Crippen molar-refractivity contribution in [3.8, 4) is 0 Å². The van der Waals surface area contributed by atoms with Gasteiger partial charge in [0.2, 0.25) is 23.8 Å². The largest absolute Gasteiger partial charge is 0.368 e. The van der Waals surface area contributed by atoms with Crippen molar-refractivity contribution in [2.45, 2.75) is 13.5 Å². The van der Waals surface area contributed by atoms with Gasteiger partial charge >= 0.3 is 0 Å². The highest BCUT2D eigenvalue weighted by Crippen LogP contribution is 2.15. The van der Waals surface area contributed by atoms with E-state index in [2.05, 4.69) is 30.6 Å². The maximum atomic E-state index is 13.1. The Kier molecular flexibility index (Phi) is 4.46. The van der Waals surface area contributed by atoms with Gasteiger partial charge in [-0.2, -0.15) is 19.3 Å². The van der Waals surface area contributed by atoms with E-state index in [1.165, 1.54) is 12.3 Å². The van der Waals surface area contributed by atoms with Crippen LogP contribution < -0.4 is 16.4 Å². The van der Waals surface area contributed by atoms with E-state index in [4.69, 9.17) is 5.73 Å². The maximum absolute atomic E-state index is 13.1. The molecule has 3 aromatic rings. The molecule has 0 amide bonds. The summed E-state index contributed by atoms with van der Waals surface area (Å²) in [5, 5.41) is 6.06. The molecule has 0 atom stereocenters. The van der Waals surface area contributed by atoms with Crippen LogP contribution in [0.25, 0.3) is 0 Å². The fourth-order valence-corrected chi connectivity index (χ4v) is 2.03. The molecule has 4 N–H and O–H groups in total. The third-order valence-electron chi connectivity index (χ3n) is 3.20. The van der Waals surface area contributed by atoms with Crippen molar-refractivity contribution >= 4 is 23.5 Å². The lowest BCUT2D eigenvalue weighted by Gasteiger charge is -2.09. The summed E-state index contributed by atoms with van der Waals surface area (Å²) in [6.07, 6.45) is 1.40. The van der Waals surface area contributed by atoms with Gasteiger partial charge in [-0.25, -0.2) is 4.98 Å². The molecule has 0 radical (unpaired) electrons. The Morgan fingerprint density at radius 2 is 1.79 bits per heavy atom. The molecule has 0 aliphatic rings. The average Bonchev–Trinajstić information content (AvgIpc) is 2.55. The highest BCUT2D eigenvalue weighted by Gasteiger charge is 2.05. The first kappa shape index (κ1) is 15.6. The zero-order chi connectivity index (χ0) is 16.9. The summed E-state index contributed by atoms with van der Waals surface area (Å²) >= 11 is 0. The molecule has 0 bridgehead atoms. The number of nitrogens with one attached hydrogen (secondary N) is 2. The van der Waals surface area contributed by atoms with E-state index in [0.717, 1.165) is 16.8 Å². The van der Waals surface area contributed by atoms with Gasteiger partial charge in [-0.1, -0.05) is 17.7 Å². The molecule has 0 aliphatic heterocycles. The lowest BCUT2D eigenvalue weighted by Crippen LogP contribution is -2.09. The van der Waals surface area contributed by atoms with E-state index in [0.29, 0.717) is 18.4 Å². The van der Waals surface area contributed by atoms with Crippen molar-refractivity contribution in [2.24, 2.45) is 0 Å². The van der Waals surface area contributed by atoms with Gasteiger partial charge in [0.05, 0.1) is 0 Å². The summed E-state index contributed by atoms with van der Waals surface area (Å²) in [5.74, 6) is 0.179. The van der Waals surface area contributed by atoms with Gasteiger partial charge in [0.1, 0.15) is 0 Å². The standard InChI is InChI=1S/C16H16FN7/c1-10-2-4-12(5-3-10)21-16-23-14(18)22-15(24-16)20-9-11-6-7-19-13(17)8-11/h2-8H,9H2,1H3,(H4,18,20,21,22,23,24). The number of nitrogens with zero attached hydrogens (tertiary/aromatic N) is 4. The van der Waals surface area contributed by atoms with Crippen LogP contribution in [0, 0.1) is 12.9 Å². The van der Waals surface area contributed by atoms with Crippen molar-refractivity contribution in [3.05, 3.63) is 59.7 Å². The molecule has 2 heterocycles. The molecule has 0 spiro atoms. The van der Waals surface area contributed by atoms with Crippen molar-refractivity contribution in [1.29, 1.82) is 0 Å². The van der Waals surface area contributed by atoms with Crippen molar-refractivity contribution in [2.75, 3.05) is 16.4 Å². The zero-order valence-corrected chi connectivity index (χ0v) is 13.0. The van der Waals surface area contributed by atoms with Crippen LogP contribution in [0.5, 0.6) is 0 Å². The number of nitrogens with two attached hydrogens (primary N) is 1. The van der Waals surface area contributed by atoms with Crippen LogP contribution in [0.1, 0.15) is 11.1 Å². The van der Waals surface area contributed by atoms with Gasteiger partial charge in [-0.3, -0.25) is 0 Å².